The molecule has 21 heavy (non-hydrogen) atoms. The van der Waals surface area contributed by atoms with Gasteiger partial charge in [-0.25, -0.2) is 4.98 Å². The first-order valence-corrected chi connectivity index (χ1v) is 6.46. The Kier molecular flexibility index (Phi) is 5.59. The number of nitrogens with one attached hydrogen (secondary N) is 1. The van der Waals surface area contributed by atoms with E-state index in [0.29, 0.717) is 6.54 Å². The number of pyridine rings is 1. The third kappa shape index (κ3) is 4.92. The molecular formula is C12H17ClN4O4. The van der Waals surface area contributed by atoms with Crippen LogP contribution in [0.15, 0.2) is 12.3 Å². The van der Waals surface area contributed by atoms with Crippen molar-refractivity contribution in [2.45, 2.75) is 12.5 Å². The number of likely N-dealkylation sites (N-methyl/N-ethyl adjacent to an activating group) is 1. The van der Waals surface area contributed by atoms with E-state index in [1.165, 1.54) is 12.3 Å². The zero-order valence-electron chi connectivity index (χ0n) is 12.0. The summed E-state index contributed by atoms with van der Waals surface area (Å²) in [6.45, 7) is 1.83. The van der Waals surface area contributed by atoms with Crippen molar-refractivity contribution < 1.29 is 14.8 Å². The first kappa shape index (κ1) is 17.3. The van der Waals surface area contributed by atoms with E-state index in [9.17, 15) is 20.0 Å². The second-order valence-corrected chi connectivity index (χ2v) is 5.53. The standard InChI is InChI=1S/C12H17ClN4O4/c1-12(19,7-16(2)3)6-15-11(18)8-4-5-14-10(13)9(8)17(20)21/h4-5,19H,6-7H2,1-3H3,(H,15,18). The fraction of sp³-hybridized carbons (Fsp3) is 0.500. The van der Waals surface area contributed by atoms with Crippen LogP contribution in [-0.2, 0) is 0 Å². The lowest BCUT2D eigenvalue weighted by Gasteiger charge is -2.27. The minimum Gasteiger partial charge on any atom is -0.387 e. The van der Waals surface area contributed by atoms with Crippen molar-refractivity contribution in [1.29, 1.82) is 0 Å². The topological polar surface area (TPSA) is 109 Å². The number of halogens is 1. The first-order valence-electron chi connectivity index (χ1n) is 6.08. The van der Waals surface area contributed by atoms with E-state index < -0.39 is 22.1 Å². The van der Waals surface area contributed by atoms with Crippen molar-refractivity contribution in [1.82, 2.24) is 15.2 Å². The maximum Gasteiger partial charge on any atom is 0.319 e. The zero-order chi connectivity index (χ0) is 16.2. The summed E-state index contributed by atoms with van der Waals surface area (Å²) in [5, 5.41) is 23.1. The molecule has 1 unspecified atom stereocenters. The van der Waals surface area contributed by atoms with Crippen molar-refractivity contribution in [3.63, 3.8) is 0 Å². The van der Waals surface area contributed by atoms with Crippen LogP contribution in [0.3, 0.4) is 0 Å². The number of hydrogen-bond acceptors (Lipinski definition) is 6. The van der Waals surface area contributed by atoms with Gasteiger partial charge in [0.25, 0.3) is 5.91 Å². The molecule has 0 saturated heterocycles. The molecule has 0 aliphatic heterocycles. The number of aromatic nitrogens is 1. The van der Waals surface area contributed by atoms with E-state index in [1.54, 1.807) is 25.9 Å². The molecule has 8 nitrogen and oxygen atoms in total. The number of amides is 1. The highest BCUT2D eigenvalue weighted by Crippen LogP contribution is 2.25. The van der Waals surface area contributed by atoms with Gasteiger partial charge in [0.05, 0.1) is 10.5 Å². The van der Waals surface area contributed by atoms with Crippen LogP contribution in [0.4, 0.5) is 5.69 Å². The van der Waals surface area contributed by atoms with Gasteiger partial charge < -0.3 is 15.3 Å². The van der Waals surface area contributed by atoms with Gasteiger partial charge in [0.15, 0.2) is 0 Å². The number of carbonyl (C=O) groups excluding carboxylic acids is 1. The average molecular weight is 317 g/mol. The predicted molar refractivity (Wildman–Crippen MR) is 77.4 cm³/mol. The number of rotatable bonds is 6. The maximum atomic E-state index is 12.0. The van der Waals surface area contributed by atoms with Crippen LogP contribution >= 0.6 is 11.6 Å². The van der Waals surface area contributed by atoms with Crippen LogP contribution in [0.25, 0.3) is 0 Å². The molecule has 0 aliphatic carbocycles. The van der Waals surface area contributed by atoms with Crippen LogP contribution in [0.2, 0.25) is 5.15 Å². The molecule has 0 aliphatic rings. The molecule has 0 radical (unpaired) electrons. The molecule has 1 heterocycles. The molecule has 0 fully saturated rings. The molecule has 1 atom stereocenters. The van der Waals surface area contributed by atoms with Crippen molar-refractivity contribution >= 4 is 23.2 Å². The van der Waals surface area contributed by atoms with Gasteiger partial charge in [-0.05, 0) is 27.1 Å². The molecule has 1 aromatic heterocycles. The van der Waals surface area contributed by atoms with Crippen molar-refractivity contribution in [3.8, 4) is 0 Å². The summed E-state index contributed by atoms with van der Waals surface area (Å²) in [6, 6.07) is 1.21. The van der Waals surface area contributed by atoms with Gasteiger partial charge in [-0.3, -0.25) is 14.9 Å². The van der Waals surface area contributed by atoms with Crippen LogP contribution < -0.4 is 5.32 Å². The monoisotopic (exact) mass is 316 g/mol. The van der Waals surface area contributed by atoms with E-state index in [4.69, 9.17) is 11.6 Å². The lowest BCUT2D eigenvalue weighted by molar-refractivity contribution is -0.385. The Labute approximate surface area is 126 Å². The molecule has 0 bridgehead atoms. The minimum atomic E-state index is -1.16. The SMILES string of the molecule is CN(C)CC(C)(O)CNC(=O)c1ccnc(Cl)c1[N+](=O)[O-]. The second kappa shape index (κ2) is 6.79. The van der Waals surface area contributed by atoms with Gasteiger partial charge in [0, 0.05) is 19.3 Å². The molecule has 1 aromatic rings. The summed E-state index contributed by atoms with van der Waals surface area (Å²) >= 11 is 5.64. The van der Waals surface area contributed by atoms with E-state index in [2.05, 4.69) is 10.3 Å². The van der Waals surface area contributed by atoms with Crippen LogP contribution in [0, 0.1) is 10.1 Å². The smallest absolute Gasteiger partial charge is 0.319 e. The molecule has 0 saturated carbocycles. The van der Waals surface area contributed by atoms with Gasteiger partial charge >= 0.3 is 5.69 Å². The summed E-state index contributed by atoms with van der Waals surface area (Å²) in [5.74, 6) is -0.690. The Morgan fingerprint density at radius 3 is 2.76 bits per heavy atom. The second-order valence-electron chi connectivity index (χ2n) is 5.17. The highest BCUT2D eigenvalue weighted by Gasteiger charge is 2.27. The lowest BCUT2D eigenvalue weighted by atomic mass is 10.1. The molecule has 0 spiro atoms. The third-order valence-electron chi connectivity index (χ3n) is 2.59. The molecular weight excluding hydrogens is 300 g/mol. The Morgan fingerprint density at radius 1 is 1.62 bits per heavy atom. The molecule has 2 N–H and O–H groups in total. The van der Waals surface area contributed by atoms with Crippen LogP contribution in [-0.4, -0.2) is 58.6 Å². The van der Waals surface area contributed by atoms with Crippen molar-refractivity contribution in [2.75, 3.05) is 27.2 Å². The summed E-state index contributed by atoms with van der Waals surface area (Å²) in [7, 11) is 3.56. The number of aliphatic hydroxyl groups is 1. The quantitative estimate of drug-likeness (QED) is 0.454. The fourth-order valence-corrected chi connectivity index (χ4v) is 2.12. The maximum absolute atomic E-state index is 12.0. The fourth-order valence-electron chi connectivity index (χ4n) is 1.89. The van der Waals surface area contributed by atoms with Gasteiger partial charge in [0.1, 0.15) is 5.56 Å². The van der Waals surface area contributed by atoms with Gasteiger partial charge in [0.2, 0.25) is 5.15 Å². The molecule has 0 aromatic carbocycles. The normalized spacial score (nSPS) is 13.8. The lowest BCUT2D eigenvalue weighted by Crippen LogP contribution is -2.47. The van der Waals surface area contributed by atoms with Gasteiger partial charge in [-0.15, -0.1) is 0 Å². The highest BCUT2D eigenvalue weighted by atomic mass is 35.5. The Hall–Kier alpha value is -1.77. The van der Waals surface area contributed by atoms with E-state index in [0.717, 1.165) is 0 Å². The zero-order valence-corrected chi connectivity index (χ0v) is 12.7. The molecule has 9 heteroatoms. The molecule has 1 rings (SSSR count). The van der Waals surface area contributed by atoms with E-state index in [1.807, 2.05) is 0 Å². The number of nitrogens with zero attached hydrogens (tertiary/aromatic N) is 3. The van der Waals surface area contributed by atoms with Gasteiger partial charge in [-0.1, -0.05) is 11.6 Å². The summed E-state index contributed by atoms with van der Waals surface area (Å²) in [4.78, 5) is 27.5. The number of nitro groups is 1. The third-order valence-corrected chi connectivity index (χ3v) is 2.87. The Bertz CT molecular complexity index is 548. The van der Waals surface area contributed by atoms with E-state index >= 15 is 0 Å². The van der Waals surface area contributed by atoms with Crippen LogP contribution in [0.1, 0.15) is 17.3 Å². The van der Waals surface area contributed by atoms with Crippen LogP contribution in [0.5, 0.6) is 0 Å². The largest absolute Gasteiger partial charge is 0.387 e. The van der Waals surface area contributed by atoms with Crippen molar-refractivity contribution in [3.05, 3.63) is 33.1 Å². The van der Waals surface area contributed by atoms with Crippen molar-refractivity contribution in [2.24, 2.45) is 0 Å². The molecule has 1 amide bonds. The summed E-state index contributed by atoms with van der Waals surface area (Å²) in [5.41, 5.74) is -1.91. The summed E-state index contributed by atoms with van der Waals surface area (Å²) < 4.78 is 0. The highest BCUT2D eigenvalue weighted by molar-refractivity contribution is 6.32. The first-order chi connectivity index (χ1) is 9.64. The van der Waals surface area contributed by atoms with Gasteiger partial charge in [-0.2, -0.15) is 0 Å². The Balaban J connectivity index is 2.87. The minimum absolute atomic E-state index is 0.0545. The average Bonchev–Trinajstić information content (AvgIpc) is 2.33. The predicted octanol–water partition coefficient (Wildman–Crippen LogP) is 0.686. The number of hydrogen-bond donors (Lipinski definition) is 2. The van der Waals surface area contributed by atoms with E-state index in [-0.39, 0.29) is 17.3 Å². The molecule has 116 valence electrons. The summed E-state index contributed by atoms with van der Waals surface area (Å²) in [6.07, 6.45) is 1.21. The Morgan fingerprint density at radius 2 is 2.24 bits per heavy atom. The number of carbonyl (C=O) groups is 1.